The maximum atomic E-state index is 11.0. The molecule has 1 fully saturated rings. The summed E-state index contributed by atoms with van der Waals surface area (Å²) in [6, 6.07) is 0. The van der Waals surface area contributed by atoms with E-state index in [-0.39, 0.29) is 30.1 Å². The molecule has 162 valence electrons. The maximum absolute atomic E-state index is 11.0. The molecule has 6 N–H and O–H groups in total. The lowest BCUT2D eigenvalue weighted by Crippen LogP contribution is -2.37. The van der Waals surface area contributed by atoms with Gasteiger partial charge in [0.05, 0.1) is 19.0 Å². The van der Waals surface area contributed by atoms with E-state index >= 15 is 0 Å². The van der Waals surface area contributed by atoms with Crippen LogP contribution in [0.3, 0.4) is 0 Å². The molecular weight excluding hydrogens is 419 g/mol. The van der Waals surface area contributed by atoms with Crippen LogP contribution in [0, 0.1) is 0 Å². The summed E-state index contributed by atoms with van der Waals surface area (Å²) < 4.78 is 19.0. The fourth-order valence-corrected chi connectivity index (χ4v) is 4.09. The van der Waals surface area contributed by atoms with Crippen molar-refractivity contribution >= 4 is 41.2 Å². The lowest BCUT2D eigenvalue weighted by Gasteiger charge is -2.28. The number of hydrogen-bond acceptors (Lipinski definition) is 10. The molecule has 11 nitrogen and oxygen atoms in total. The minimum absolute atomic E-state index is 0.0256. The summed E-state index contributed by atoms with van der Waals surface area (Å²) in [4.78, 5) is 22.8. The number of nitrogens with two attached hydrogens (primary N) is 2. The summed E-state index contributed by atoms with van der Waals surface area (Å²) in [7, 11) is 0. The second-order valence-electron chi connectivity index (χ2n) is 7.46. The van der Waals surface area contributed by atoms with Crippen molar-refractivity contribution in [2.24, 2.45) is 0 Å². The van der Waals surface area contributed by atoms with Crippen molar-refractivity contribution in [3.8, 4) is 0 Å². The molecule has 5 atom stereocenters. The predicted molar refractivity (Wildman–Crippen MR) is 112 cm³/mol. The molecule has 1 unspecified atom stereocenters. The van der Waals surface area contributed by atoms with Crippen molar-refractivity contribution in [2.45, 2.75) is 64.0 Å². The van der Waals surface area contributed by atoms with E-state index in [9.17, 15) is 10.00 Å². The fourth-order valence-electron chi connectivity index (χ4n) is 2.94. The number of imidazole rings is 1. The molecule has 1 aliphatic heterocycles. The van der Waals surface area contributed by atoms with E-state index in [2.05, 4.69) is 15.0 Å². The topological polar surface area (TPSA) is 164 Å². The highest BCUT2D eigenvalue weighted by Gasteiger charge is 2.48. The molecule has 0 amide bonds. The Labute approximate surface area is 173 Å². The van der Waals surface area contributed by atoms with E-state index in [1.54, 1.807) is 13.8 Å². The van der Waals surface area contributed by atoms with Gasteiger partial charge in [-0.25, -0.2) is 4.98 Å². The van der Waals surface area contributed by atoms with E-state index in [0.29, 0.717) is 11.2 Å². The van der Waals surface area contributed by atoms with E-state index in [1.165, 1.54) is 10.9 Å². The van der Waals surface area contributed by atoms with Gasteiger partial charge in [0.2, 0.25) is 5.95 Å². The van der Waals surface area contributed by atoms with Gasteiger partial charge in [0, 0.05) is 5.66 Å². The zero-order chi connectivity index (χ0) is 21.5. The van der Waals surface area contributed by atoms with Gasteiger partial charge in [-0.2, -0.15) is 9.97 Å². The van der Waals surface area contributed by atoms with E-state index in [1.807, 2.05) is 13.8 Å². The molecule has 2 aromatic rings. The van der Waals surface area contributed by atoms with Gasteiger partial charge < -0.3 is 35.5 Å². The van der Waals surface area contributed by atoms with Crippen molar-refractivity contribution in [1.82, 2.24) is 19.5 Å². The van der Waals surface area contributed by atoms with E-state index < -0.39 is 31.0 Å². The number of hydrogen-bond donors (Lipinski definition) is 4. The number of rotatable bonds is 7. The van der Waals surface area contributed by atoms with Crippen molar-refractivity contribution < 1.29 is 24.0 Å². The van der Waals surface area contributed by atoms with Crippen LogP contribution in [0.4, 0.5) is 11.8 Å². The molecule has 29 heavy (non-hydrogen) atoms. The Balaban J connectivity index is 1.95. The fraction of sp³-hybridized carbons (Fsp3) is 0.688. The second kappa shape index (κ2) is 8.38. The molecule has 0 aromatic carbocycles. The quantitative estimate of drug-likeness (QED) is 0.444. The number of aromatic nitrogens is 4. The van der Waals surface area contributed by atoms with Crippen LogP contribution >= 0.6 is 6.49 Å². The monoisotopic (exact) mass is 446 g/mol. The summed E-state index contributed by atoms with van der Waals surface area (Å²) in [5.74, 6) is 0.0966. The van der Waals surface area contributed by atoms with Gasteiger partial charge in [-0.3, -0.25) is 4.57 Å². The van der Waals surface area contributed by atoms with E-state index in [0.717, 1.165) is 0 Å². The summed E-state index contributed by atoms with van der Waals surface area (Å²) >= 11 is 5.26. The van der Waals surface area contributed by atoms with Gasteiger partial charge in [0.25, 0.3) is 0 Å². The molecule has 3 heterocycles. The molecule has 0 saturated carbocycles. The average molecular weight is 446 g/mol. The Hall–Kier alpha value is -1.40. The van der Waals surface area contributed by atoms with Crippen LogP contribution in [-0.4, -0.2) is 66.2 Å². The Kier molecular flexibility index (Phi) is 6.44. The number of nitrogen functional groups attached to an aromatic ring is 2. The van der Waals surface area contributed by atoms with Crippen LogP contribution in [-0.2, 0) is 25.8 Å². The number of aliphatic hydroxyl groups is 1. The Morgan fingerprint density at radius 1 is 1.31 bits per heavy atom. The molecule has 0 radical (unpaired) electrons. The van der Waals surface area contributed by atoms with Gasteiger partial charge in [-0.15, -0.1) is 0 Å². The molecule has 0 spiro atoms. The summed E-state index contributed by atoms with van der Waals surface area (Å²) in [6.45, 7) is 4.30. The normalized spacial score (nSPS) is 27.2. The van der Waals surface area contributed by atoms with Gasteiger partial charge in [0.1, 0.15) is 23.8 Å². The van der Waals surface area contributed by atoms with Crippen LogP contribution in [0.2, 0.25) is 0 Å². The molecule has 2 aromatic heterocycles. The minimum atomic E-state index is -3.16. The number of aliphatic hydroxyl groups excluding tert-OH is 1. The first kappa shape index (κ1) is 22.3. The van der Waals surface area contributed by atoms with E-state index in [4.69, 9.17) is 37.3 Å². The molecule has 0 aliphatic carbocycles. The van der Waals surface area contributed by atoms with Crippen LogP contribution in [0.1, 0.15) is 33.9 Å². The van der Waals surface area contributed by atoms with Crippen LogP contribution in [0.5, 0.6) is 0 Å². The smallest absolute Gasteiger partial charge is 0.224 e. The van der Waals surface area contributed by atoms with Gasteiger partial charge in [0.15, 0.2) is 24.2 Å². The largest absolute Gasteiger partial charge is 0.386 e. The molecule has 3 rings (SSSR count). The van der Waals surface area contributed by atoms with Gasteiger partial charge >= 0.3 is 0 Å². The molecule has 1 saturated heterocycles. The summed E-state index contributed by atoms with van der Waals surface area (Å²) in [5.41, 5.74) is 11.9. The zero-order valence-electron chi connectivity index (χ0n) is 16.7. The highest BCUT2D eigenvalue weighted by molar-refractivity contribution is 8.09. The van der Waals surface area contributed by atoms with Crippen molar-refractivity contribution in [3.63, 3.8) is 0 Å². The minimum Gasteiger partial charge on any atom is -0.386 e. The first-order valence-corrected chi connectivity index (χ1v) is 12.0. The third-order valence-corrected chi connectivity index (χ3v) is 7.94. The first-order valence-electron chi connectivity index (χ1n) is 9.22. The summed E-state index contributed by atoms with van der Waals surface area (Å²) in [6.07, 6.45) is -2.27. The predicted octanol–water partition coefficient (Wildman–Crippen LogP) is 0.769. The number of anilines is 2. The molecule has 0 bridgehead atoms. The number of fused-ring (bicyclic) bond motifs is 1. The highest BCUT2D eigenvalue weighted by atomic mass is 32.5. The van der Waals surface area contributed by atoms with Gasteiger partial charge in [-0.05, 0) is 25.7 Å². The van der Waals surface area contributed by atoms with Crippen LogP contribution in [0.15, 0.2) is 6.33 Å². The molecule has 13 heteroatoms. The highest BCUT2D eigenvalue weighted by Crippen LogP contribution is 2.51. The Bertz CT molecular complexity index is 925. The lowest BCUT2D eigenvalue weighted by molar-refractivity contribution is -0.0737. The SMILES string of the molecule is CC(C)OC[C@H]1O[C@@H](n2cnc3c(N)nc(N)nc32)[C@H](O)[C@@H]1OP(O)(=S)C(C)C. The Morgan fingerprint density at radius 3 is 2.62 bits per heavy atom. The number of ether oxygens (including phenoxy) is 2. The first-order chi connectivity index (χ1) is 13.5. The van der Waals surface area contributed by atoms with Crippen molar-refractivity contribution in [2.75, 3.05) is 18.1 Å². The third kappa shape index (κ3) is 4.53. The van der Waals surface area contributed by atoms with Crippen LogP contribution in [0.25, 0.3) is 11.2 Å². The van der Waals surface area contributed by atoms with Crippen LogP contribution < -0.4 is 11.5 Å². The standard InChI is InChI=1S/C16H27N6O5PS/c1-7(2)25-5-9-12(27-28(24,29)8(3)4)11(23)15(26-9)22-6-19-10-13(17)20-16(18)21-14(10)22/h6-9,11-12,15,23H,5H2,1-4H3,(H,24,29)(H4,17,18,20,21)/t9-,11-,12-,15-,28?/m1/s1. The van der Waals surface area contributed by atoms with Crippen molar-refractivity contribution in [1.29, 1.82) is 0 Å². The molecule has 1 aliphatic rings. The molecular formula is C16H27N6O5PS. The average Bonchev–Trinajstić information content (AvgIpc) is 3.15. The van der Waals surface area contributed by atoms with Gasteiger partial charge in [-0.1, -0.05) is 13.8 Å². The Morgan fingerprint density at radius 2 is 2.00 bits per heavy atom. The zero-order valence-corrected chi connectivity index (χ0v) is 18.4. The number of nitrogens with zero attached hydrogens (tertiary/aromatic N) is 4. The third-order valence-electron chi connectivity index (χ3n) is 4.57. The second-order valence-corrected chi connectivity index (χ2v) is 11.4. The maximum Gasteiger partial charge on any atom is 0.224 e. The lowest BCUT2D eigenvalue weighted by atomic mass is 10.1. The summed E-state index contributed by atoms with van der Waals surface area (Å²) in [5, 5.41) is 11.0. The van der Waals surface area contributed by atoms with Crippen molar-refractivity contribution in [3.05, 3.63) is 6.33 Å².